The molecule has 9 N–H and O–H groups in total. The molecule has 0 aliphatic carbocycles. The summed E-state index contributed by atoms with van der Waals surface area (Å²) in [5.41, 5.74) is 5.24. The second kappa shape index (κ2) is 6.57. The van der Waals surface area contributed by atoms with Crippen molar-refractivity contribution in [3.05, 3.63) is 11.5 Å². The molecule has 1 saturated heterocycles. The zero-order valence-corrected chi connectivity index (χ0v) is 12.9. The van der Waals surface area contributed by atoms with E-state index in [1.54, 1.807) is 0 Å². The first-order valence-electron chi connectivity index (χ1n) is 6.50. The number of nitrogens with one attached hydrogen (secondary N) is 2. The van der Waals surface area contributed by atoms with Crippen LogP contribution in [0.3, 0.4) is 0 Å². The van der Waals surface area contributed by atoms with Gasteiger partial charge in [0.05, 0.1) is 12.9 Å². The Morgan fingerprint density at radius 1 is 1.46 bits per heavy atom. The van der Waals surface area contributed by atoms with Crippen LogP contribution in [-0.2, 0) is 9.30 Å². The van der Waals surface area contributed by atoms with Crippen molar-refractivity contribution in [2.45, 2.75) is 24.4 Å². The van der Waals surface area contributed by atoms with E-state index in [4.69, 9.17) is 21.0 Å². The maximum Gasteiger partial charge on any atom is 0.437 e. The summed E-state index contributed by atoms with van der Waals surface area (Å²) in [6.07, 6.45) is -5.19. The largest absolute Gasteiger partial charge is 0.437 e. The van der Waals surface area contributed by atoms with Gasteiger partial charge in [0.15, 0.2) is 0 Å². The van der Waals surface area contributed by atoms with Crippen molar-refractivity contribution in [2.24, 2.45) is 0 Å². The van der Waals surface area contributed by atoms with Gasteiger partial charge in [0.25, 0.3) is 5.91 Å². The Kier molecular flexibility index (Phi) is 5.05. The fourth-order valence-electron chi connectivity index (χ4n) is 2.32. The minimum absolute atomic E-state index is 0.135. The number of hydrogen-bond acceptors (Lipinski definition) is 9. The summed E-state index contributed by atoms with van der Waals surface area (Å²) in [6, 6.07) is 0. The molecule has 1 fully saturated rings. The molecule has 2 rings (SSSR count). The third-order valence-electron chi connectivity index (χ3n) is 3.40. The van der Waals surface area contributed by atoms with E-state index in [9.17, 15) is 29.4 Å². The molecule has 24 heavy (non-hydrogen) atoms. The molecule has 0 saturated carbocycles. The Hall–Kier alpha value is -1.86. The molecular formula is C10H16N5O8P. The molecule has 0 spiro atoms. The first-order chi connectivity index (χ1) is 11.1. The Labute approximate surface area is 134 Å². The van der Waals surface area contributed by atoms with E-state index >= 15 is 0 Å². The van der Waals surface area contributed by atoms with Crippen LogP contribution in [0, 0.1) is 5.41 Å². The summed E-state index contributed by atoms with van der Waals surface area (Å²) in [4.78, 5) is 34.2. The molecule has 1 aliphatic rings. The standard InChI is InChI=1S/C10H16N5O8P/c11-2-13-10(19)9-14-4(8(12)15(9)24(20,21)22)7-6(18)5(17)3(1-16)23-7/h2-3,5-7,16-18H,1,12H2,(H2,11,13,19)(H2,20,21,22)/t3-,5-,6-,7?/m1/s1. The SMILES string of the molecule is N=CNC(=O)c1nc(C2O[C@H](CO)[C@@H](O)[C@H]2O)c(N)n1P(=O)(O)O. The number of imidazole rings is 1. The van der Waals surface area contributed by atoms with Crippen LogP contribution in [0.4, 0.5) is 5.82 Å². The molecule has 1 unspecified atom stereocenters. The van der Waals surface area contributed by atoms with Gasteiger partial charge < -0.3 is 40.9 Å². The number of aliphatic hydroxyl groups is 3. The van der Waals surface area contributed by atoms with Crippen molar-refractivity contribution in [3.63, 3.8) is 0 Å². The molecule has 1 amide bonds. The van der Waals surface area contributed by atoms with Crippen molar-refractivity contribution in [3.8, 4) is 0 Å². The first kappa shape index (κ1) is 18.5. The number of carbonyl (C=O) groups is 1. The van der Waals surface area contributed by atoms with E-state index in [1.165, 1.54) is 0 Å². The summed E-state index contributed by atoms with van der Waals surface area (Å²) >= 11 is 0. The second-order valence-corrected chi connectivity index (χ2v) is 6.33. The monoisotopic (exact) mass is 365 g/mol. The van der Waals surface area contributed by atoms with Crippen LogP contribution >= 0.6 is 7.75 Å². The number of aromatic nitrogens is 2. The van der Waals surface area contributed by atoms with Crippen LogP contribution in [0.2, 0.25) is 0 Å². The van der Waals surface area contributed by atoms with E-state index in [2.05, 4.69) is 4.98 Å². The van der Waals surface area contributed by atoms with Crippen molar-refractivity contribution in [2.75, 3.05) is 12.3 Å². The predicted molar refractivity (Wildman–Crippen MR) is 77.0 cm³/mol. The number of amides is 1. The van der Waals surface area contributed by atoms with Crippen molar-refractivity contribution >= 4 is 25.8 Å². The highest BCUT2D eigenvalue weighted by Crippen LogP contribution is 2.45. The van der Waals surface area contributed by atoms with Crippen LogP contribution in [0.15, 0.2) is 0 Å². The van der Waals surface area contributed by atoms with Crippen LogP contribution in [0.1, 0.15) is 22.4 Å². The quantitative estimate of drug-likeness (QED) is 0.149. The maximum absolute atomic E-state index is 11.8. The highest BCUT2D eigenvalue weighted by Gasteiger charge is 2.46. The van der Waals surface area contributed by atoms with Gasteiger partial charge in [0, 0.05) is 0 Å². The normalized spacial score (nSPS) is 27.2. The maximum atomic E-state index is 11.8. The Balaban J connectivity index is 2.55. The average molecular weight is 365 g/mol. The summed E-state index contributed by atoms with van der Waals surface area (Å²) in [5, 5.41) is 37.4. The second-order valence-electron chi connectivity index (χ2n) is 4.91. The lowest BCUT2D eigenvalue weighted by Crippen LogP contribution is -2.32. The van der Waals surface area contributed by atoms with E-state index < -0.39 is 62.0 Å². The third-order valence-corrected chi connectivity index (χ3v) is 4.32. The van der Waals surface area contributed by atoms with E-state index in [0.29, 0.717) is 6.34 Å². The van der Waals surface area contributed by atoms with Gasteiger partial charge in [-0.15, -0.1) is 0 Å². The van der Waals surface area contributed by atoms with Gasteiger partial charge in [0.1, 0.15) is 35.9 Å². The summed E-state index contributed by atoms with van der Waals surface area (Å²) in [7, 11) is -5.10. The fraction of sp³-hybridized carbons (Fsp3) is 0.500. The smallest absolute Gasteiger partial charge is 0.394 e. The van der Waals surface area contributed by atoms with Crippen molar-refractivity contribution in [1.29, 1.82) is 5.41 Å². The molecule has 1 aromatic rings. The summed E-state index contributed by atoms with van der Waals surface area (Å²) < 4.78 is 16.9. The number of anilines is 1. The third kappa shape index (κ3) is 3.06. The molecule has 134 valence electrons. The Morgan fingerprint density at radius 3 is 2.54 bits per heavy atom. The number of nitrogens with two attached hydrogens (primary N) is 1. The average Bonchev–Trinajstić information content (AvgIpc) is 2.98. The minimum Gasteiger partial charge on any atom is -0.394 e. The molecule has 2 heterocycles. The highest BCUT2D eigenvalue weighted by molar-refractivity contribution is 7.50. The molecule has 4 atom stereocenters. The fourth-order valence-corrected chi connectivity index (χ4v) is 3.08. The van der Waals surface area contributed by atoms with Gasteiger partial charge >= 0.3 is 7.75 Å². The number of hydrogen-bond donors (Lipinski definition) is 8. The van der Waals surface area contributed by atoms with Crippen molar-refractivity contribution < 1.29 is 39.2 Å². The number of aliphatic hydroxyl groups excluding tert-OH is 3. The first-order valence-corrected chi connectivity index (χ1v) is 8.06. The predicted octanol–water partition coefficient (Wildman–Crippen LogP) is -3.10. The Bertz CT molecular complexity index is 702. The topological polar surface area (TPSA) is 224 Å². The number of nitrogen functional groups attached to an aromatic ring is 1. The van der Waals surface area contributed by atoms with Crippen molar-refractivity contribution in [1.82, 2.24) is 14.6 Å². The molecule has 0 aromatic carbocycles. The number of carbonyl (C=O) groups excluding carboxylic acids is 1. The zero-order chi connectivity index (χ0) is 18.2. The van der Waals surface area contributed by atoms with E-state index in [1.807, 2.05) is 5.32 Å². The molecule has 13 nitrogen and oxygen atoms in total. The number of rotatable bonds is 5. The van der Waals surface area contributed by atoms with Crippen LogP contribution in [-0.4, -0.2) is 71.6 Å². The molecular weight excluding hydrogens is 349 g/mol. The molecule has 1 aromatic heterocycles. The summed E-state index contributed by atoms with van der Waals surface area (Å²) in [5.74, 6) is -2.59. The lowest BCUT2D eigenvalue weighted by Gasteiger charge is -2.14. The van der Waals surface area contributed by atoms with Gasteiger partial charge in [-0.1, -0.05) is 0 Å². The Morgan fingerprint density at radius 2 is 2.08 bits per heavy atom. The molecule has 1 aliphatic heterocycles. The highest BCUT2D eigenvalue weighted by atomic mass is 31.2. The number of ether oxygens (including phenoxy) is 1. The van der Waals surface area contributed by atoms with E-state index in [-0.39, 0.29) is 4.34 Å². The van der Waals surface area contributed by atoms with Crippen LogP contribution < -0.4 is 11.1 Å². The molecule has 0 bridgehead atoms. The summed E-state index contributed by atoms with van der Waals surface area (Å²) in [6.45, 7) is -0.630. The van der Waals surface area contributed by atoms with Gasteiger partial charge in [-0.2, -0.15) is 0 Å². The van der Waals surface area contributed by atoms with Crippen LogP contribution in [0.5, 0.6) is 0 Å². The van der Waals surface area contributed by atoms with Gasteiger partial charge in [-0.25, -0.2) is 13.9 Å². The van der Waals surface area contributed by atoms with Gasteiger partial charge in [-0.05, 0) is 0 Å². The lowest BCUT2D eigenvalue weighted by atomic mass is 10.1. The lowest BCUT2D eigenvalue weighted by molar-refractivity contribution is -0.0236. The number of nitrogens with zero attached hydrogens (tertiary/aromatic N) is 2. The molecule has 14 heteroatoms. The van der Waals surface area contributed by atoms with Gasteiger partial charge in [0.2, 0.25) is 5.82 Å². The van der Waals surface area contributed by atoms with Gasteiger partial charge in [-0.3, -0.25) is 10.2 Å². The van der Waals surface area contributed by atoms with Crippen LogP contribution in [0.25, 0.3) is 0 Å². The zero-order valence-electron chi connectivity index (χ0n) is 12.0. The van der Waals surface area contributed by atoms with E-state index in [0.717, 1.165) is 0 Å². The minimum atomic E-state index is -5.10. The molecule has 0 radical (unpaired) electrons.